The maximum Gasteiger partial charge on any atom is 0.0463 e. The van der Waals surface area contributed by atoms with Crippen LogP contribution in [0.1, 0.15) is 26.2 Å². The smallest absolute Gasteiger partial charge is 0.0463 e. The lowest BCUT2D eigenvalue weighted by Gasteiger charge is -1.87. The minimum Gasteiger partial charge on any atom is -0.259 e. The highest BCUT2D eigenvalue weighted by Crippen LogP contribution is 2.21. The molecule has 0 radical (unpaired) electrons. The van der Waals surface area contributed by atoms with Crippen LogP contribution in [0.15, 0.2) is 0 Å². The van der Waals surface area contributed by atoms with E-state index in [1.54, 1.807) is 0 Å². The van der Waals surface area contributed by atoms with Crippen LogP contribution in [-0.4, -0.2) is 15.2 Å². The minimum atomic E-state index is -0.400. The Balaban J connectivity index is 1.97. The molecule has 1 aliphatic rings. The average molecular weight is 132 g/mol. The molecule has 0 aromatic heterocycles. The van der Waals surface area contributed by atoms with Crippen LogP contribution in [0, 0.1) is 0 Å². The second kappa shape index (κ2) is 2.62. The lowest BCUT2D eigenvalue weighted by Crippen LogP contribution is -1.83. The molecule has 1 fully saturated rings. The predicted octanol–water partition coefficient (Wildman–Crippen LogP) is 1.31. The van der Waals surface area contributed by atoms with Gasteiger partial charge in [-0.2, -0.15) is 0 Å². The van der Waals surface area contributed by atoms with Crippen molar-refractivity contribution in [3.05, 3.63) is 0 Å². The topological polar surface area (TPSA) is 17.1 Å². The van der Waals surface area contributed by atoms with Crippen molar-refractivity contribution in [2.75, 3.05) is 5.75 Å². The summed E-state index contributed by atoms with van der Waals surface area (Å²) in [6, 6.07) is 0. The van der Waals surface area contributed by atoms with Gasteiger partial charge in [-0.3, -0.25) is 4.21 Å². The molecule has 1 heterocycles. The van der Waals surface area contributed by atoms with Gasteiger partial charge in [-0.1, -0.05) is 19.8 Å². The second-order valence-corrected chi connectivity index (χ2v) is 4.07. The third-order valence-electron chi connectivity index (χ3n) is 1.49. The Morgan fingerprint density at radius 2 is 2.38 bits per heavy atom. The molecule has 2 unspecified atom stereocenters. The number of hydrogen-bond acceptors (Lipinski definition) is 1. The van der Waals surface area contributed by atoms with Crippen LogP contribution < -0.4 is 0 Å². The van der Waals surface area contributed by atoms with E-state index < -0.39 is 10.8 Å². The molecule has 0 aliphatic carbocycles. The molecule has 8 heavy (non-hydrogen) atoms. The summed E-state index contributed by atoms with van der Waals surface area (Å²) >= 11 is 0. The first-order valence-electron chi connectivity index (χ1n) is 3.21. The van der Waals surface area contributed by atoms with Crippen LogP contribution in [0.2, 0.25) is 0 Å². The number of unbranched alkanes of at least 4 members (excludes halogenated alkanes) is 1. The summed E-state index contributed by atoms with van der Waals surface area (Å²) in [5.74, 6) is 0.986. The maximum absolute atomic E-state index is 10.5. The summed E-state index contributed by atoms with van der Waals surface area (Å²) in [5.41, 5.74) is 0. The van der Waals surface area contributed by atoms with E-state index in [9.17, 15) is 4.21 Å². The highest BCUT2D eigenvalue weighted by atomic mass is 32.2. The summed E-state index contributed by atoms with van der Waals surface area (Å²) in [5, 5.41) is 0.593. The van der Waals surface area contributed by atoms with Crippen LogP contribution in [0.5, 0.6) is 0 Å². The van der Waals surface area contributed by atoms with E-state index in [0.717, 1.165) is 5.75 Å². The Morgan fingerprint density at radius 1 is 1.75 bits per heavy atom. The fraction of sp³-hybridized carbons (Fsp3) is 1.00. The van der Waals surface area contributed by atoms with Crippen molar-refractivity contribution in [3.63, 3.8) is 0 Å². The van der Waals surface area contributed by atoms with Gasteiger partial charge in [0.2, 0.25) is 0 Å². The van der Waals surface area contributed by atoms with Gasteiger partial charge in [-0.15, -0.1) is 0 Å². The van der Waals surface area contributed by atoms with Gasteiger partial charge in [0.15, 0.2) is 0 Å². The predicted molar refractivity (Wildman–Crippen MR) is 36.3 cm³/mol. The Kier molecular flexibility index (Phi) is 2.06. The molecular weight excluding hydrogens is 120 g/mol. The highest BCUT2D eigenvalue weighted by molar-refractivity contribution is 7.92. The lowest BCUT2D eigenvalue weighted by atomic mass is 10.2. The lowest BCUT2D eigenvalue weighted by molar-refractivity contribution is 0.686. The molecule has 1 rings (SSSR count). The minimum absolute atomic E-state index is 0.400. The fourth-order valence-corrected chi connectivity index (χ4v) is 1.84. The van der Waals surface area contributed by atoms with E-state index in [4.69, 9.17) is 0 Å². The molecule has 0 spiro atoms. The van der Waals surface area contributed by atoms with Crippen LogP contribution in [0.3, 0.4) is 0 Å². The first-order valence-corrected chi connectivity index (χ1v) is 4.60. The van der Waals surface area contributed by atoms with Gasteiger partial charge in [-0.25, -0.2) is 0 Å². The largest absolute Gasteiger partial charge is 0.259 e. The van der Waals surface area contributed by atoms with Crippen molar-refractivity contribution < 1.29 is 4.21 Å². The number of rotatable bonds is 3. The third-order valence-corrected chi connectivity index (χ3v) is 2.93. The van der Waals surface area contributed by atoms with E-state index in [1.807, 2.05) is 0 Å². The molecule has 2 heteroatoms. The first-order chi connectivity index (χ1) is 3.84. The normalized spacial score (nSPS) is 35.1. The molecule has 0 aromatic carbocycles. The Hall–Kier alpha value is 0.150. The van der Waals surface area contributed by atoms with Gasteiger partial charge >= 0.3 is 0 Å². The second-order valence-electron chi connectivity index (χ2n) is 2.31. The average Bonchev–Trinajstić information content (AvgIpc) is 2.42. The zero-order valence-corrected chi connectivity index (χ0v) is 6.04. The molecule has 48 valence electrons. The summed E-state index contributed by atoms with van der Waals surface area (Å²) < 4.78 is 10.5. The summed E-state index contributed by atoms with van der Waals surface area (Å²) in [4.78, 5) is 0. The zero-order valence-electron chi connectivity index (χ0n) is 5.22. The molecule has 0 amide bonds. The molecule has 1 aliphatic heterocycles. The van der Waals surface area contributed by atoms with E-state index in [0.29, 0.717) is 5.25 Å². The maximum atomic E-state index is 10.5. The van der Waals surface area contributed by atoms with E-state index in [1.165, 1.54) is 19.3 Å². The first kappa shape index (κ1) is 6.27. The Bertz CT molecular complexity index is 101. The third kappa shape index (κ3) is 1.58. The standard InChI is InChI=1S/C6H12OS/c1-2-3-4-6-5-8(6)7/h6H,2-5H2,1H3. The van der Waals surface area contributed by atoms with Crippen LogP contribution in [-0.2, 0) is 10.8 Å². The van der Waals surface area contributed by atoms with E-state index in [2.05, 4.69) is 6.92 Å². The fourth-order valence-electron chi connectivity index (χ4n) is 0.791. The summed E-state index contributed by atoms with van der Waals surface area (Å²) in [7, 11) is -0.400. The Labute approximate surface area is 52.9 Å². The van der Waals surface area contributed by atoms with E-state index in [-0.39, 0.29) is 0 Å². The molecule has 0 aromatic rings. The van der Waals surface area contributed by atoms with Crippen molar-refractivity contribution in [1.29, 1.82) is 0 Å². The molecule has 1 nitrogen and oxygen atoms in total. The van der Waals surface area contributed by atoms with Gasteiger partial charge in [0.25, 0.3) is 0 Å². The van der Waals surface area contributed by atoms with Gasteiger partial charge in [-0.05, 0) is 6.42 Å². The zero-order chi connectivity index (χ0) is 5.98. The summed E-state index contributed by atoms with van der Waals surface area (Å²) in [6.45, 7) is 2.17. The number of hydrogen-bond donors (Lipinski definition) is 0. The molecule has 0 saturated carbocycles. The van der Waals surface area contributed by atoms with Crippen LogP contribution >= 0.6 is 0 Å². The van der Waals surface area contributed by atoms with Gasteiger partial charge in [0, 0.05) is 21.8 Å². The Morgan fingerprint density at radius 3 is 2.75 bits per heavy atom. The molecule has 0 N–H and O–H groups in total. The monoisotopic (exact) mass is 132 g/mol. The van der Waals surface area contributed by atoms with Crippen LogP contribution in [0.25, 0.3) is 0 Å². The molecular formula is C6H12OS. The molecule has 0 bridgehead atoms. The van der Waals surface area contributed by atoms with Crippen molar-refractivity contribution >= 4 is 10.8 Å². The van der Waals surface area contributed by atoms with Gasteiger partial charge < -0.3 is 0 Å². The SMILES string of the molecule is CCCCC1CS1=O. The van der Waals surface area contributed by atoms with Crippen molar-refractivity contribution in [1.82, 2.24) is 0 Å². The highest BCUT2D eigenvalue weighted by Gasteiger charge is 2.31. The van der Waals surface area contributed by atoms with Gasteiger partial charge in [0.1, 0.15) is 0 Å². The molecule has 2 atom stereocenters. The quantitative estimate of drug-likeness (QED) is 0.529. The van der Waals surface area contributed by atoms with Crippen molar-refractivity contribution in [3.8, 4) is 0 Å². The summed E-state index contributed by atoms with van der Waals surface area (Å²) in [6.07, 6.45) is 3.70. The van der Waals surface area contributed by atoms with Crippen molar-refractivity contribution in [2.45, 2.75) is 31.4 Å². The van der Waals surface area contributed by atoms with Crippen molar-refractivity contribution in [2.24, 2.45) is 0 Å². The van der Waals surface area contributed by atoms with Crippen LogP contribution in [0.4, 0.5) is 0 Å². The van der Waals surface area contributed by atoms with E-state index >= 15 is 0 Å². The van der Waals surface area contributed by atoms with Gasteiger partial charge in [0.05, 0.1) is 0 Å². The molecule has 1 saturated heterocycles.